The summed E-state index contributed by atoms with van der Waals surface area (Å²) in [5.41, 5.74) is 0.910. The van der Waals surface area contributed by atoms with Gasteiger partial charge in [0.15, 0.2) is 0 Å². The van der Waals surface area contributed by atoms with E-state index in [0.717, 1.165) is 15.5 Å². The number of carbonyl (C=O) groups excluding carboxylic acids is 2. The molecule has 0 N–H and O–H groups in total. The van der Waals surface area contributed by atoms with Gasteiger partial charge in [0.1, 0.15) is 13.2 Å². The topological polar surface area (TPSA) is 62.2 Å². The molecule has 3 rings (SSSR count). The van der Waals surface area contributed by atoms with Gasteiger partial charge in [-0.05, 0) is 22.9 Å². The first kappa shape index (κ1) is 17.8. The van der Waals surface area contributed by atoms with Gasteiger partial charge in [-0.15, -0.1) is 22.7 Å². The van der Waals surface area contributed by atoms with Crippen LogP contribution in [0.25, 0.3) is 0 Å². The van der Waals surface area contributed by atoms with Crippen LogP contribution in [0.5, 0.6) is 0 Å². The van der Waals surface area contributed by atoms with Crippen molar-refractivity contribution in [2.24, 2.45) is 5.10 Å². The standard InChI is InChI=1S/C17H19N3O3S2/c1-19(17(22)11-23-2)10-16(21)20-13(15-6-4-8-25-15)9-12(18-20)14-5-3-7-24-14/h3-8,13H,9-11H2,1-2H3/t13-/m0/s1. The molecule has 1 aliphatic rings. The molecule has 1 atom stereocenters. The van der Waals surface area contributed by atoms with Crippen LogP contribution in [0, 0.1) is 0 Å². The fourth-order valence-electron chi connectivity index (χ4n) is 2.63. The van der Waals surface area contributed by atoms with Crippen LogP contribution >= 0.6 is 22.7 Å². The molecule has 8 heteroatoms. The number of hydrogen-bond acceptors (Lipinski definition) is 6. The molecule has 0 fully saturated rings. The van der Waals surface area contributed by atoms with Gasteiger partial charge in [0.2, 0.25) is 5.91 Å². The third-order valence-corrected chi connectivity index (χ3v) is 5.80. The molecule has 25 heavy (non-hydrogen) atoms. The molecule has 2 aromatic rings. The lowest BCUT2D eigenvalue weighted by Gasteiger charge is -2.23. The quantitative estimate of drug-likeness (QED) is 0.777. The van der Waals surface area contributed by atoms with Crippen LogP contribution in [0.15, 0.2) is 40.1 Å². The maximum absolute atomic E-state index is 12.8. The summed E-state index contributed by atoms with van der Waals surface area (Å²) in [5.74, 6) is -0.429. The average molecular weight is 377 g/mol. The summed E-state index contributed by atoms with van der Waals surface area (Å²) in [6.45, 7) is -0.0624. The van der Waals surface area contributed by atoms with Gasteiger partial charge >= 0.3 is 0 Å². The molecule has 0 aromatic carbocycles. The van der Waals surface area contributed by atoms with Crippen molar-refractivity contribution in [3.8, 4) is 0 Å². The minimum Gasteiger partial charge on any atom is -0.375 e. The molecule has 0 saturated carbocycles. The van der Waals surface area contributed by atoms with Crippen LogP contribution in [-0.2, 0) is 14.3 Å². The maximum atomic E-state index is 12.8. The van der Waals surface area contributed by atoms with Crippen LogP contribution in [0.1, 0.15) is 22.2 Å². The Balaban J connectivity index is 1.79. The summed E-state index contributed by atoms with van der Waals surface area (Å²) in [5, 5.41) is 10.1. The summed E-state index contributed by atoms with van der Waals surface area (Å²) in [7, 11) is 3.05. The summed E-state index contributed by atoms with van der Waals surface area (Å²) in [4.78, 5) is 28.2. The number of methoxy groups -OCH3 is 1. The minimum atomic E-state index is -0.231. The minimum absolute atomic E-state index is 0.0225. The van der Waals surface area contributed by atoms with Gasteiger partial charge in [-0.3, -0.25) is 9.59 Å². The number of hydrogen-bond donors (Lipinski definition) is 0. The number of carbonyl (C=O) groups is 2. The fraction of sp³-hybridized carbons (Fsp3) is 0.353. The van der Waals surface area contributed by atoms with Crippen molar-refractivity contribution in [2.75, 3.05) is 27.3 Å². The van der Waals surface area contributed by atoms with E-state index in [4.69, 9.17) is 4.74 Å². The van der Waals surface area contributed by atoms with Gasteiger partial charge < -0.3 is 9.64 Å². The van der Waals surface area contributed by atoms with E-state index in [-0.39, 0.29) is 31.0 Å². The second-order valence-corrected chi connectivity index (χ2v) is 7.61. The molecule has 2 aromatic heterocycles. The largest absolute Gasteiger partial charge is 0.375 e. The van der Waals surface area contributed by atoms with Crippen LogP contribution in [0.2, 0.25) is 0 Å². The smallest absolute Gasteiger partial charge is 0.262 e. The van der Waals surface area contributed by atoms with E-state index in [9.17, 15) is 9.59 Å². The van der Waals surface area contributed by atoms with Crippen molar-refractivity contribution < 1.29 is 14.3 Å². The van der Waals surface area contributed by atoms with Crippen LogP contribution in [0.3, 0.4) is 0 Å². The van der Waals surface area contributed by atoms with Crippen molar-refractivity contribution in [3.63, 3.8) is 0 Å². The van der Waals surface area contributed by atoms with Gasteiger partial charge in [-0.25, -0.2) is 5.01 Å². The van der Waals surface area contributed by atoms with Crippen molar-refractivity contribution in [2.45, 2.75) is 12.5 Å². The number of rotatable bonds is 6. The third kappa shape index (κ3) is 3.97. The number of ether oxygens (including phenoxy) is 1. The van der Waals surface area contributed by atoms with Gasteiger partial charge in [0.05, 0.1) is 16.6 Å². The molecule has 0 radical (unpaired) electrons. The lowest BCUT2D eigenvalue weighted by atomic mass is 10.1. The van der Waals surface area contributed by atoms with Crippen LogP contribution in [-0.4, -0.2) is 54.7 Å². The first-order chi connectivity index (χ1) is 12.1. The van der Waals surface area contributed by atoms with Gasteiger partial charge in [-0.1, -0.05) is 12.1 Å². The van der Waals surface area contributed by atoms with E-state index in [0.29, 0.717) is 6.42 Å². The summed E-state index contributed by atoms with van der Waals surface area (Å²) < 4.78 is 4.84. The lowest BCUT2D eigenvalue weighted by molar-refractivity contribution is -0.142. The number of amides is 2. The van der Waals surface area contributed by atoms with E-state index in [1.54, 1.807) is 29.7 Å². The molecule has 3 heterocycles. The second kappa shape index (κ2) is 7.90. The number of likely N-dealkylation sites (N-methyl/N-ethyl adjacent to an activating group) is 1. The highest BCUT2D eigenvalue weighted by Gasteiger charge is 2.34. The normalized spacial score (nSPS) is 16.8. The Morgan fingerprint density at radius 1 is 1.32 bits per heavy atom. The lowest BCUT2D eigenvalue weighted by Crippen LogP contribution is -2.40. The Morgan fingerprint density at radius 3 is 2.72 bits per heavy atom. The molecule has 0 spiro atoms. The Bertz CT molecular complexity index is 756. The summed E-state index contributed by atoms with van der Waals surface area (Å²) in [6, 6.07) is 7.86. The van der Waals surface area contributed by atoms with E-state index in [2.05, 4.69) is 5.10 Å². The molecule has 2 amide bonds. The average Bonchev–Trinajstić information content (AvgIpc) is 3.33. The SMILES string of the molecule is COCC(=O)N(C)CC(=O)N1N=C(c2cccs2)C[C@H]1c1cccs1. The second-order valence-electron chi connectivity index (χ2n) is 5.68. The van der Waals surface area contributed by atoms with Crippen molar-refractivity contribution in [3.05, 3.63) is 44.8 Å². The molecule has 0 unspecified atom stereocenters. The van der Waals surface area contributed by atoms with Crippen LogP contribution in [0.4, 0.5) is 0 Å². The van der Waals surface area contributed by atoms with Gasteiger partial charge in [0, 0.05) is 25.5 Å². The Labute approximate surface area is 154 Å². The maximum Gasteiger partial charge on any atom is 0.262 e. The number of hydrazone groups is 1. The molecule has 0 saturated heterocycles. The predicted molar refractivity (Wildman–Crippen MR) is 98.9 cm³/mol. The van der Waals surface area contributed by atoms with Crippen molar-refractivity contribution in [1.29, 1.82) is 0 Å². The molecule has 0 bridgehead atoms. The Hall–Kier alpha value is -2.03. The van der Waals surface area contributed by atoms with Crippen LogP contribution < -0.4 is 0 Å². The molecule has 1 aliphatic heterocycles. The number of nitrogens with zero attached hydrogens (tertiary/aromatic N) is 3. The zero-order chi connectivity index (χ0) is 17.8. The molecule has 132 valence electrons. The Kier molecular flexibility index (Phi) is 5.62. The van der Waals surface area contributed by atoms with E-state index in [1.807, 2.05) is 35.0 Å². The van der Waals surface area contributed by atoms with E-state index in [1.165, 1.54) is 17.0 Å². The highest BCUT2D eigenvalue weighted by Crippen LogP contribution is 2.35. The summed E-state index contributed by atoms with van der Waals surface area (Å²) in [6.07, 6.45) is 0.683. The van der Waals surface area contributed by atoms with Gasteiger partial charge in [-0.2, -0.15) is 5.10 Å². The zero-order valence-electron chi connectivity index (χ0n) is 14.0. The first-order valence-corrected chi connectivity index (χ1v) is 9.55. The molecule has 0 aliphatic carbocycles. The van der Waals surface area contributed by atoms with E-state index >= 15 is 0 Å². The zero-order valence-corrected chi connectivity index (χ0v) is 15.7. The third-order valence-electron chi connectivity index (χ3n) is 3.91. The predicted octanol–water partition coefficient (Wildman–Crippen LogP) is 2.59. The monoisotopic (exact) mass is 377 g/mol. The molecule has 6 nitrogen and oxygen atoms in total. The van der Waals surface area contributed by atoms with E-state index < -0.39 is 0 Å². The van der Waals surface area contributed by atoms with Gasteiger partial charge in [0.25, 0.3) is 5.91 Å². The highest BCUT2D eigenvalue weighted by molar-refractivity contribution is 7.12. The van der Waals surface area contributed by atoms with Crippen molar-refractivity contribution >= 4 is 40.2 Å². The highest BCUT2D eigenvalue weighted by atomic mass is 32.1. The molecular formula is C17H19N3O3S2. The first-order valence-electron chi connectivity index (χ1n) is 7.80. The molecular weight excluding hydrogens is 358 g/mol. The Morgan fingerprint density at radius 2 is 2.08 bits per heavy atom. The van der Waals surface area contributed by atoms with Crippen molar-refractivity contribution in [1.82, 2.24) is 9.91 Å². The fourth-order valence-corrected chi connectivity index (χ4v) is 4.16. The summed E-state index contributed by atoms with van der Waals surface area (Å²) >= 11 is 3.22. The number of thiophene rings is 2.